The SMILES string of the molecule is CCCCCCCCCCCCC(CCC)c1ccc(S(=O)(=O)O)cc1. The molecule has 0 saturated carbocycles. The molecule has 0 spiro atoms. The van der Waals surface area contributed by atoms with E-state index in [0.717, 1.165) is 19.3 Å². The zero-order chi connectivity index (χ0) is 19.3. The van der Waals surface area contributed by atoms with Gasteiger partial charge < -0.3 is 0 Å². The fourth-order valence-electron chi connectivity index (χ4n) is 3.62. The van der Waals surface area contributed by atoms with Crippen LogP contribution in [0, 0.1) is 0 Å². The molecule has 0 aromatic heterocycles. The third-order valence-electron chi connectivity index (χ3n) is 5.19. The molecule has 0 saturated heterocycles. The van der Waals surface area contributed by atoms with Gasteiger partial charge in [-0.1, -0.05) is 96.6 Å². The Morgan fingerprint density at radius 1 is 0.731 bits per heavy atom. The van der Waals surface area contributed by atoms with Gasteiger partial charge in [0.25, 0.3) is 10.1 Å². The predicted molar refractivity (Wildman–Crippen MR) is 110 cm³/mol. The van der Waals surface area contributed by atoms with Crippen molar-refractivity contribution in [3.63, 3.8) is 0 Å². The molecule has 3 nitrogen and oxygen atoms in total. The molecule has 0 aliphatic carbocycles. The van der Waals surface area contributed by atoms with Gasteiger partial charge in [-0.2, -0.15) is 8.42 Å². The van der Waals surface area contributed by atoms with Gasteiger partial charge in [0.1, 0.15) is 0 Å². The minimum Gasteiger partial charge on any atom is -0.282 e. The van der Waals surface area contributed by atoms with Gasteiger partial charge in [0.05, 0.1) is 4.90 Å². The lowest BCUT2D eigenvalue weighted by Crippen LogP contribution is -2.02. The van der Waals surface area contributed by atoms with Crippen molar-refractivity contribution >= 4 is 10.1 Å². The predicted octanol–water partition coefficient (Wildman–Crippen LogP) is 7.13. The molecule has 26 heavy (non-hydrogen) atoms. The topological polar surface area (TPSA) is 54.4 Å². The van der Waals surface area contributed by atoms with Crippen molar-refractivity contribution in [2.75, 3.05) is 0 Å². The van der Waals surface area contributed by atoms with E-state index in [-0.39, 0.29) is 4.90 Å². The average Bonchev–Trinajstić information content (AvgIpc) is 2.62. The van der Waals surface area contributed by atoms with Crippen molar-refractivity contribution in [2.24, 2.45) is 0 Å². The lowest BCUT2D eigenvalue weighted by atomic mass is 9.89. The molecule has 0 aliphatic rings. The van der Waals surface area contributed by atoms with Crippen LogP contribution < -0.4 is 0 Å². The smallest absolute Gasteiger partial charge is 0.282 e. The van der Waals surface area contributed by atoms with Gasteiger partial charge in [0, 0.05) is 0 Å². The van der Waals surface area contributed by atoms with Gasteiger partial charge in [-0.15, -0.1) is 0 Å². The third kappa shape index (κ3) is 9.72. The van der Waals surface area contributed by atoms with Crippen molar-refractivity contribution in [1.82, 2.24) is 0 Å². The molecular formula is C22H38O3S. The van der Waals surface area contributed by atoms with Crippen LogP contribution in [0.1, 0.15) is 109 Å². The van der Waals surface area contributed by atoms with Crippen LogP contribution in [0.2, 0.25) is 0 Å². The third-order valence-corrected chi connectivity index (χ3v) is 6.06. The highest BCUT2D eigenvalue weighted by Crippen LogP contribution is 2.28. The minimum atomic E-state index is -4.10. The molecule has 1 aromatic carbocycles. The van der Waals surface area contributed by atoms with Crippen LogP contribution in [-0.2, 0) is 10.1 Å². The zero-order valence-electron chi connectivity index (χ0n) is 16.8. The summed E-state index contributed by atoms with van der Waals surface area (Å²) in [6.45, 7) is 4.45. The van der Waals surface area contributed by atoms with Crippen LogP contribution >= 0.6 is 0 Å². The van der Waals surface area contributed by atoms with Gasteiger partial charge in [0.2, 0.25) is 0 Å². The van der Waals surface area contributed by atoms with Crippen LogP contribution in [0.4, 0.5) is 0 Å². The van der Waals surface area contributed by atoms with Crippen LogP contribution in [0.25, 0.3) is 0 Å². The quantitative estimate of drug-likeness (QED) is 0.259. The summed E-state index contributed by atoms with van der Waals surface area (Å²) in [6.07, 6.45) is 16.9. The standard InChI is InChI=1S/C22H38O3S/c1-3-5-6-7-8-9-10-11-12-13-15-20(14-4-2)21-16-18-22(19-17-21)26(23,24)25/h16-20H,3-15H2,1-2H3,(H,23,24,25). The maximum Gasteiger partial charge on any atom is 0.294 e. The largest absolute Gasteiger partial charge is 0.294 e. The van der Waals surface area contributed by atoms with Gasteiger partial charge in [-0.05, 0) is 36.5 Å². The van der Waals surface area contributed by atoms with Crippen molar-refractivity contribution in [1.29, 1.82) is 0 Å². The molecule has 1 rings (SSSR count). The first kappa shape index (κ1) is 23.2. The monoisotopic (exact) mass is 382 g/mol. The molecular weight excluding hydrogens is 344 g/mol. The fourth-order valence-corrected chi connectivity index (χ4v) is 4.10. The number of benzene rings is 1. The molecule has 0 fully saturated rings. The van der Waals surface area contributed by atoms with Crippen molar-refractivity contribution in [2.45, 2.75) is 108 Å². The second kappa shape index (κ2) is 13.3. The van der Waals surface area contributed by atoms with Crippen LogP contribution in [-0.4, -0.2) is 13.0 Å². The van der Waals surface area contributed by atoms with Gasteiger partial charge in [0.15, 0.2) is 0 Å². The summed E-state index contributed by atoms with van der Waals surface area (Å²) in [5.74, 6) is 0.490. The molecule has 150 valence electrons. The van der Waals surface area contributed by atoms with Gasteiger partial charge >= 0.3 is 0 Å². The Balaban J connectivity index is 2.29. The fraction of sp³-hybridized carbons (Fsp3) is 0.727. The number of hydrogen-bond acceptors (Lipinski definition) is 2. The summed E-state index contributed by atoms with van der Waals surface area (Å²) in [4.78, 5) is -0.0181. The van der Waals surface area contributed by atoms with Crippen molar-refractivity contribution < 1.29 is 13.0 Å². The Morgan fingerprint density at radius 2 is 1.23 bits per heavy atom. The zero-order valence-corrected chi connectivity index (χ0v) is 17.6. The highest BCUT2D eigenvalue weighted by atomic mass is 32.2. The summed E-state index contributed by atoms with van der Waals surface area (Å²) in [5, 5.41) is 0. The van der Waals surface area contributed by atoms with Gasteiger partial charge in [-0.3, -0.25) is 4.55 Å². The summed E-state index contributed by atoms with van der Waals surface area (Å²) < 4.78 is 31.4. The maximum absolute atomic E-state index is 11.2. The average molecular weight is 383 g/mol. The minimum absolute atomic E-state index is 0.0181. The Morgan fingerprint density at radius 3 is 1.69 bits per heavy atom. The van der Waals surface area contributed by atoms with E-state index in [0.29, 0.717) is 5.92 Å². The molecule has 0 amide bonds. The van der Waals surface area contributed by atoms with E-state index in [4.69, 9.17) is 4.55 Å². The van der Waals surface area contributed by atoms with Crippen molar-refractivity contribution in [3.8, 4) is 0 Å². The first-order valence-electron chi connectivity index (χ1n) is 10.6. The molecule has 0 aliphatic heterocycles. The van der Waals surface area contributed by atoms with E-state index >= 15 is 0 Å². The molecule has 1 atom stereocenters. The first-order valence-corrected chi connectivity index (χ1v) is 12.0. The summed E-state index contributed by atoms with van der Waals surface area (Å²) in [7, 11) is -4.10. The number of hydrogen-bond donors (Lipinski definition) is 1. The van der Waals surface area contributed by atoms with Gasteiger partial charge in [-0.25, -0.2) is 0 Å². The summed E-state index contributed by atoms with van der Waals surface area (Å²) in [6, 6.07) is 6.76. The van der Waals surface area contributed by atoms with Crippen LogP contribution in [0.15, 0.2) is 29.2 Å². The van der Waals surface area contributed by atoms with E-state index in [2.05, 4.69) is 13.8 Å². The van der Waals surface area contributed by atoms with Crippen LogP contribution in [0.5, 0.6) is 0 Å². The molecule has 1 N–H and O–H groups in total. The Bertz CT molecular complexity index is 564. The van der Waals surface area contributed by atoms with Crippen LogP contribution in [0.3, 0.4) is 0 Å². The second-order valence-electron chi connectivity index (χ2n) is 7.50. The molecule has 0 radical (unpaired) electrons. The lowest BCUT2D eigenvalue weighted by molar-refractivity contribution is 0.482. The maximum atomic E-state index is 11.2. The normalized spacial score (nSPS) is 13.0. The lowest BCUT2D eigenvalue weighted by Gasteiger charge is -2.17. The Kier molecular flexibility index (Phi) is 11.9. The van der Waals surface area contributed by atoms with E-state index in [1.54, 1.807) is 0 Å². The highest BCUT2D eigenvalue weighted by Gasteiger charge is 2.13. The van der Waals surface area contributed by atoms with E-state index in [1.165, 1.54) is 81.9 Å². The van der Waals surface area contributed by atoms with Crippen molar-refractivity contribution in [3.05, 3.63) is 29.8 Å². The number of unbranched alkanes of at least 4 members (excludes halogenated alkanes) is 9. The van der Waals surface area contributed by atoms with E-state index in [9.17, 15) is 8.42 Å². The van der Waals surface area contributed by atoms with E-state index < -0.39 is 10.1 Å². The highest BCUT2D eigenvalue weighted by molar-refractivity contribution is 7.85. The number of rotatable bonds is 15. The molecule has 1 unspecified atom stereocenters. The second-order valence-corrected chi connectivity index (χ2v) is 8.92. The molecule has 4 heteroatoms. The Hall–Kier alpha value is -0.870. The van der Waals surface area contributed by atoms with E-state index in [1.807, 2.05) is 12.1 Å². The summed E-state index contributed by atoms with van der Waals surface area (Å²) in [5.41, 5.74) is 1.19. The molecule has 0 bridgehead atoms. The Labute approximate surface area is 161 Å². The molecule has 1 aromatic rings. The molecule has 0 heterocycles. The first-order chi connectivity index (χ1) is 12.5. The summed E-state index contributed by atoms with van der Waals surface area (Å²) >= 11 is 0.